The molecule has 0 radical (unpaired) electrons. The van der Waals surface area contributed by atoms with E-state index in [1.807, 2.05) is 0 Å². The summed E-state index contributed by atoms with van der Waals surface area (Å²) in [6, 6.07) is 9.00. The maximum absolute atomic E-state index is 11.9. The zero-order valence-corrected chi connectivity index (χ0v) is 12.3. The molecule has 0 atom stereocenters. The Balaban J connectivity index is 1.75. The van der Waals surface area contributed by atoms with E-state index < -0.39 is 10.7 Å². The SMILES string of the molecule is O=C(CCn1c(=O)oc2cc([N+](=O)[O-])ccc21)Nc1ccccn1. The number of carbonyl (C=O) groups excluding carboxylic acids is 1. The van der Waals surface area contributed by atoms with Gasteiger partial charge < -0.3 is 9.73 Å². The molecule has 1 amide bonds. The van der Waals surface area contributed by atoms with Crippen molar-refractivity contribution in [2.75, 3.05) is 5.32 Å². The van der Waals surface area contributed by atoms with Crippen LogP contribution in [0.25, 0.3) is 11.1 Å². The molecular weight excluding hydrogens is 316 g/mol. The number of non-ortho nitro benzene ring substituents is 1. The number of benzene rings is 1. The molecule has 3 rings (SSSR count). The van der Waals surface area contributed by atoms with Gasteiger partial charge in [-0.1, -0.05) is 6.07 Å². The minimum atomic E-state index is -0.670. The zero-order valence-electron chi connectivity index (χ0n) is 12.3. The van der Waals surface area contributed by atoms with Crippen molar-refractivity contribution < 1.29 is 14.1 Å². The first kappa shape index (κ1) is 15.4. The number of hydrogen-bond donors (Lipinski definition) is 1. The molecular formula is C15H12N4O5. The third kappa shape index (κ3) is 3.14. The lowest BCUT2D eigenvalue weighted by molar-refractivity contribution is -0.384. The minimum absolute atomic E-state index is 0.0299. The van der Waals surface area contributed by atoms with Gasteiger partial charge in [-0.15, -0.1) is 0 Å². The maximum Gasteiger partial charge on any atom is 0.419 e. The van der Waals surface area contributed by atoms with Crippen LogP contribution in [-0.2, 0) is 11.3 Å². The second-order valence-corrected chi connectivity index (χ2v) is 4.94. The molecule has 3 aromatic rings. The van der Waals surface area contributed by atoms with Crippen LogP contribution in [0.1, 0.15) is 6.42 Å². The van der Waals surface area contributed by atoms with Gasteiger partial charge in [0, 0.05) is 25.2 Å². The Labute approximate surface area is 134 Å². The number of aryl methyl sites for hydroxylation is 1. The number of nitrogens with zero attached hydrogens (tertiary/aromatic N) is 3. The van der Waals surface area contributed by atoms with Gasteiger partial charge in [0.05, 0.1) is 16.5 Å². The molecule has 1 N–H and O–H groups in total. The van der Waals surface area contributed by atoms with Gasteiger partial charge in [-0.3, -0.25) is 19.5 Å². The fourth-order valence-corrected chi connectivity index (χ4v) is 2.24. The van der Waals surface area contributed by atoms with Gasteiger partial charge in [0.1, 0.15) is 5.82 Å². The molecule has 9 nitrogen and oxygen atoms in total. The van der Waals surface area contributed by atoms with E-state index in [-0.39, 0.29) is 30.1 Å². The van der Waals surface area contributed by atoms with Gasteiger partial charge in [0.2, 0.25) is 5.91 Å². The molecule has 0 unspecified atom stereocenters. The molecule has 0 aliphatic heterocycles. The molecule has 1 aromatic carbocycles. The summed E-state index contributed by atoms with van der Waals surface area (Å²) >= 11 is 0. The van der Waals surface area contributed by atoms with Crippen molar-refractivity contribution in [1.29, 1.82) is 0 Å². The van der Waals surface area contributed by atoms with Crippen molar-refractivity contribution in [1.82, 2.24) is 9.55 Å². The van der Waals surface area contributed by atoms with Gasteiger partial charge >= 0.3 is 5.76 Å². The van der Waals surface area contributed by atoms with Gasteiger partial charge in [-0.2, -0.15) is 0 Å². The van der Waals surface area contributed by atoms with E-state index in [4.69, 9.17) is 4.42 Å². The summed E-state index contributed by atoms with van der Waals surface area (Å²) in [6.45, 7) is 0.0856. The van der Waals surface area contributed by atoms with Crippen LogP contribution in [0.15, 0.2) is 51.8 Å². The maximum atomic E-state index is 11.9. The summed E-state index contributed by atoms with van der Waals surface area (Å²) in [6.07, 6.45) is 1.58. The third-order valence-corrected chi connectivity index (χ3v) is 3.36. The monoisotopic (exact) mass is 328 g/mol. The topological polar surface area (TPSA) is 120 Å². The van der Waals surface area contributed by atoms with Crippen LogP contribution in [-0.4, -0.2) is 20.4 Å². The van der Waals surface area contributed by atoms with Gasteiger partial charge in [0.25, 0.3) is 5.69 Å². The molecule has 0 saturated carbocycles. The Kier molecular flexibility index (Phi) is 4.06. The minimum Gasteiger partial charge on any atom is -0.407 e. The van der Waals surface area contributed by atoms with Crippen LogP contribution in [0.2, 0.25) is 0 Å². The van der Waals surface area contributed by atoms with E-state index in [0.29, 0.717) is 11.3 Å². The molecule has 0 saturated heterocycles. The number of nitro groups is 1. The van der Waals surface area contributed by atoms with E-state index in [1.54, 1.807) is 24.4 Å². The predicted molar refractivity (Wildman–Crippen MR) is 84.6 cm³/mol. The van der Waals surface area contributed by atoms with Crippen LogP contribution in [0.4, 0.5) is 11.5 Å². The molecule has 122 valence electrons. The Morgan fingerprint density at radius 1 is 1.33 bits per heavy atom. The normalized spacial score (nSPS) is 10.7. The smallest absolute Gasteiger partial charge is 0.407 e. The van der Waals surface area contributed by atoms with Crippen molar-refractivity contribution >= 4 is 28.5 Å². The van der Waals surface area contributed by atoms with E-state index in [0.717, 1.165) is 0 Å². The second-order valence-electron chi connectivity index (χ2n) is 4.94. The largest absolute Gasteiger partial charge is 0.419 e. The number of pyridine rings is 1. The number of aromatic nitrogens is 2. The fraction of sp³-hybridized carbons (Fsp3) is 0.133. The molecule has 0 aliphatic rings. The summed E-state index contributed by atoms with van der Waals surface area (Å²) in [4.78, 5) is 37.9. The quantitative estimate of drug-likeness (QED) is 0.564. The second kappa shape index (κ2) is 6.32. The number of nitrogens with one attached hydrogen (secondary N) is 1. The Morgan fingerprint density at radius 2 is 2.17 bits per heavy atom. The van der Waals surface area contributed by atoms with Crippen LogP contribution >= 0.6 is 0 Å². The Hall–Kier alpha value is -3.49. The van der Waals surface area contributed by atoms with Gasteiger partial charge in [-0.05, 0) is 18.2 Å². The predicted octanol–water partition coefficient (Wildman–Crippen LogP) is 1.93. The van der Waals surface area contributed by atoms with E-state index in [1.165, 1.54) is 22.8 Å². The highest BCUT2D eigenvalue weighted by Gasteiger charge is 2.15. The summed E-state index contributed by atoms with van der Waals surface area (Å²) < 4.78 is 6.26. The number of hydrogen-bond acceptors (Lipinski definition) is 6. The zero-order chi connectivity index (χ0) is 17.1. The molecule has 24 heavy (non-hydrogen) atoms. The molecule has 0 bridgehead atoms. The van der Waals surface area contributed by atoms with Crippen molar-refractivity contribution in [2.24, 2.45) is 0 Å². The molecule has 0 spiro atoms. The standard InChI is InChI=1S/C15H12N4O5/c20-14(17-13-3-1-2-7-16-13)6-8-18-11-5-4-10(19(22)23)9-12(11)24-15(18)21/h1-5,7,9H,6,8H2,(H,16,17,20). The molecule has 9 heteroatoms. The van der Waals surface area contributed by atoms with Crippen LogP contribution in [0.3, 0.4) is 0 Å². The average Bonchev–Trinajstić information content (AvgIpc) is 2.88. The number of oxazole rings is 1. The van der Waals surface area contributed by atoms with Gasteiger partial charge in [-0.25, -0.2) is 9.78 Å². The molecule has 0 aliphatic carbocycles. The summed E-state index contributed by atoms with van der Waals surface area (Å²) in [5.41, 5.74) is 0.340. The fourth-order valence-electron chi connectivity index (χ4n) is 2.24. The van der Waals surface area contributed by atoms with Crippen LogP contribution in [0, 0.1) is 10.1 Å². The number of rotatable bonds is 5. The number of carbonyl (C=O) groups is 1. The van der Waals surface area contributed by atoms with E-state index in [9.17, 15) is 19.7 Å². The first-order chi connectivity index (χ1) is 11.5. The van der Waals surface area contributed by atoms with Crippen molar-refractivity contribution in [2.45, 2.75) is 13.0 Å². The Morgan fingerprint density at radius 3 is 2.88 bits per heavy atom. The molecule has 2 heterocycles. The first-order valence-corrected chi connectivity index (χ1v) is 7.03. The Bertz CT molecular complexity index is 961. The number of nitro benzene ring substituents is 1. The number of anilines is 1. The summed E-state index contributed by atoms with van der Waals surface area (Å²) in [7, 11) is 0. The van der Waals surface area contributed by atoms with Crippen molar-refractivity contribution in [3.63, 3.8) is 0 Å². The highest BCUT2D eigenvalue weighted by atomic mass is 16.6. The highest BCUT2D eigenvalue weighted by Crippen LogP contribution is 2.20. The lowest BCUT2D eigenvalue weighted by Crippen LogP contribution is -2.20. The lowest BCUT2D eigenvalue weighted by Gasteiger charge is -2.04. The van der Waals surface area contributed by atoms with Crippen LogP contribution < -0.4 is 11.1 Å². The van der Waals surface area contributed by atoms with E-state index in [2.05, 4.69) is 10.3 Å². The number of fused-ring (bicyclic) bond motifs is 1. The molecule has 2 aromatic heterocycles. The van der Waals surface area contributed by atoms with Crippen molar-refractivity contribution in [3.8, 4) is 0 Å². The van der Waals surface area contributed by atoms with Crippen LogP contribution in [0.5, 0.6) is 0 Å². The highest BCUT2D eigenvalue weighted by molar-refractivity contribution is 5.89. The number of amides is 1. The average molecular weight is 328 g/mol. The first-order valence-electron chi connectivity index (χ1n) is 7.03. The summed E-state index contributed by atoms with van der Waals surface area (Å²) in [5.74, 6) is -0.560. The van der Waals surface area contributed by atoms with E-state index >= 15 is 0 Å². The molecule has 0 fully saturated rings. The summed E-state index contributed by atoms with van der Waals surface area (Å²) in [5, 5.41) is 13.4. The van der Waals surface area contributed by atoms with Gasteiger partial charge in [0.15, 0.2) is 5.58 Å². The lowest BCUT2D eigenvalue weighted by atomic mass is 10.3. The third-order valence-electron chi connectivity index (χ3n) is 3.36. The van der Waals surface area contributed by atoms with Crippen molar-refractivity contribution in [3.05, 3.63) is 63.3 Å².